The first kappa shape index (κ1) is 15.3. The first-order chi connectivity index (χ1) is 12.1. The van der Waals surface area contributed by atoms with Crippen molar-refractivity contribution in [3.05, 3.63) is 65.4 Å². The smallest absolute Gasteiger partial charge is 0.222 e. The van der Waals surface area contributed by atoms with E-state index in [4.69, 9.17) is 10.5 Å². The summed E-state index contributed by atoms with van der Waals surface area (Å²) in [7, 11) is 1.56. The van der Waals surface area contributed by atoms with Gasteiger partial charge in [0.25, 0.3) is 0 Å². The maximum Gasteiger partial charge on any atom is 0.222 e. The number of rotatable bonds is 3. The van der Waals surface area contributed by atoms with E-state index in [1.54, 1.807) is 19.2 Å². The number of aromatic nitrogens is 3. The highest BCUT2D eigenvalue weighted by atomic mass is 19.2. The van der Waals surface area contributed by atoms with Crippen LogP contribution in [0.5, 0.6) is 5.75 Å². The Hall–Kier alpha value is -3.22. The van der Waals surface area contributed by atoms with Gasteiger partial charge in [0.2, 0.25) is 5.95 Å². The Bertz CT molecular complexity index is 1110. The van der Waals surface area contributed by atoms with Gasteiger partial charge in [0.1, 0.15) is 11.3 Å². The topological polar surface area (TPSA) is 65.4 Å². The molecule has 2 aromatic heterocycles. The van der Waals surface area contributed by atoms with Gasteiger partial charge >= 0.3 is 0 Å². The second-order valence-corrected chi connectivity index (χ2v) is 5.65. The number of anilines is 1. The fourth-order valence-corrected chi connectivity index (χ4v) is 2.93. The Labute approximate surface area is 141 Å². The number of benzene rings is 2. The molecule has 4 rings (SSSR count). The quantitative estimate of drug-likeness (QED) is 0.621. The van der Waals surface area contributed by atoms with Gasteiger partial charge in [0, 0.05) is 11.8 Å². The van der Waals surface area contributed by atoms with E-state index in [2.05, 4.69) is 10.1 Å². The minimum absolute atomic E-state index is 0.149. The molecule has 0 bridgehead atoms. The predicted molar refractivity (Wildman–Crippen MR) is 90.6 cm³/mol. The highest BCUT2D eigenvalue weighted by molar-refractivity contribution is 5.97. The number of nitrogens with two attached hydrogens (primary N) is 1. The van der Waals surface area contributed by atoms with Crippen molar-refractivity contribution in [2.24, 2.45) is 0 Å². The van der Waals surface area contributed by atoms with E-state index in [9.17, 15) is 8.78 Å². The molecule has 4 aromatic rings. The third-order valence-electron chi connectivity index (χ3n) is 4.10. The maximum atomic E-state index is 13.9. The lowest BCUT2D eigenvalue weighted by molar-refractivity contribution is 0.419. The molecule has 2 N–H and O–H groups in total. The van der Waals surface area contributed by atoms with Crippen molar-refractivity contribution in [1.82, 2.24) is 14.6 Å². The normalized spacial score (nSPS) is 11.3. The summed E-state index contributed by atoms with van der Waals surface area (Å²) >= 11 is 0. The SMILES string of the molecule is COc1cccc2c1nc(N)n1nc(Cc3cccc(F)c3F)cc21. The molecule has 0 saturated heterocycles. The highest BCUT2D eigenvalue weighted by Gasteiger charge is 2.15. The molecule has 0 unspecified atom stereocenters. The molecule has 2 heterocycles. The van der Waals surface area contributed by atoms with Crippen molar-refractivity contribution >= 4 is 22.4 Å². The summed E-state index contributed by atoms with van der Waals surface area (Å²) in [4.78, 5) is 4.35. The summed E-state index contributed by atoms with van der Waals surface area (Å²) in [6.45, 7) is 0. The number of nitrogens with zero attached hydrogens (tertiary/aromatic N) is 3. The molecule has 0 amide bonds. The monoisotopic (exact) mass is 340 g/mol. The van der Waals surface area contributed by atoms with Crippen LogP contribution in [0.15, 0.2) is 42.5 Å². The Kier molecular flexibility index (Phi) is 3.49. The Morgan fingerprint density at radius 2 is 1.96 bits per heavy atom. The van der Waals surface area contributed by atoms with Crippen LogP contribution in [0.3, 0.4) is 0 Å². The lowest BCUT2D eigenvalue weighted by atomic mass is 10.1. The number of ether oxygens (including phenoxy) is 1. The Balaban J connectivity index is 1.89. The predicted octanol–water partition coefficient (Wildman–Crippen LogP) is 3.34. The van der Waals surface area contributed by atoms with Crippen molar-refractivity contribution in [3.63, 3.8) is 0 Å². The first-order valence-corrected chi connectivity index (χ1v) is 7.62. The van der Waals surface area contributed by atoms with Crippen LogP contribution in [0.1, 0.15) is 11.3 Å². The van der Waals surface area contributed by atoms with E-state index < -0.39 is 11.6 Å². The average molecular weight is 340 g/mol. The zero-order valence-electron chi connectivity index (χ0n) is 13.3. The molecule has 7 heteroatoms. The van der Waals surface area contributed by atoms with Gasteiger partial charge in [0.15, 0.2) is 11.6 Å². The second-order valence-electron chi connectivity index (χ2n) is 5.65. The van der Waals surface area contributed by atoms with Crippen LogP contribution in [0.25, 0.3) is 16.4 Å². The minimum Gasteiger partial charge on any atom is -0.494 e. The standard InChI is InChI=1S/C18H14F2N4O/c1-25-15-7-3-5-12-14-9-11(23-24(14)18(21)22-17(12)15)8-10-4-2-6-13(19)16(10)20/h2-7,9H,8H2,1H3,(H2,21,22). The molecule has 2 aromatic carbocycles. The summed E-state index contributed by atoms with van der Waals surface area (Å²) in [5.74, 6) is -0.946. The van der Waals surface area contributed by atoms with Crippen molar-refractivity contribution in [3.8, 4) is 5.75 Å². The molecule has 0 saturated carbocycles. The molecule has 5 nitrogen and oxygen atoms in total. The van der Waals surface area contributed by atoms with E-state index in [1.807, 2.05) is 12.1 Å². The van der Waals surface area contributed by atoms with Gasteiger partial charge in [-0.25, -0.2) is 13.8 Å². The van der Waals surface area contributed by atoms with Crippen molar-refractivity contribution < 1.29 is 13.5 Å². The zero-order chi connectivity index (χ0) is 17.6. The van der Waals surface area contributed by atoms with Gasteiger partial charge in [0.05, 0.1) is 18.3 Å². The first-order valence-electron chi connectivity index (χ1n) is 7.62. The third kappa shape index (κ3) is 2.44. The number of hydrogen-bond acceptors (Lipinski definition) is 4. The van der Waals surface area contributed by atoms with Crippen molar-refractivity contribution in [2.75, 3.05) is 12.8 Å². The van der Waals surface area contributed by atoms with Gasteiger partial charge in [-0.05, 0) is 23.8 Å². The van der Waals surface area contributed by atoms with Crippen LogP contribution in [-0.4, -0.2) is 21.7 Å². The van der Waals surface area contributed by atoms with Crippen molar-refractivity contribution in [2.45, 2.75) is 6.42 Å². The molecule has 0 fully saturated rings. The summed E-state index contributed by atoms with van der Waals surface area (Å²) < 4.78 is 34.1. The van der Waals surface area contributed by atoms with Gasteiger partial charge in [-0.2, -0.15) is 9.61 Å². The third-order valence-corrected chi connectivity index (χ3v) is 4.10. The lowest BCUT2D eigenvalue weighted by Gasteiger charge is -2.07. The molecule has 0 spiro atoms. The molecule has 0 aliphatic heterocycles. The van der Waals surface area contributed by atoms with Crippen LogP contribution in [0.2, 0.25) is 0 Å². The summed E-state index contributed by atoms with van der Waals surface area (Å²) in [6.07, 6.45) is 0.149. The fourth-order valence-electron chi connectivity index (χ4n) is 2.93. The van der Waals surface area contributed by atoms with Crippen LogP contribution < -0.4 is 10.5 Å². The summed E-state index contributed by atoms with van der Waals surface area (Å²) in [5.41, 5.74) is 8.16. The zero-order valence-corrected chi connectivity index (χ0v) is 13.3. The highest BCUT2D eigenvalue weighted by Crippen LogP contribution is 2.29. The fraction of sp³-hybridized carbons (Fsp3) is 0.111. The number of fused-ring (bicyclic) bond motifs is 3. The molecule has 25 heavy (non-hydrogen) atoms. The molecular weight excluding hydrogens is 326 g/mol. The van der Waals surface area contributed by atoms with Gasteiger partial charge < -0.3 is 10.5 Å². The number of para-hydroxylation sites is 1. The van der Waals surface area contributed by atoms with Crippen LogP contribution >= 0.6 is 0 Å². The van der Waals surface area contributed by atoms with Crippen molar-refractivity contribution in [1.29, 1.82) is 0 Å². The Morgan fingerprint density at radius 1 is 1.16 bits per heavy atom. The van der Waals surface area contributed by atoms with Gasteiger partial charge in [-0.1, -0.05) is 24.3 Å². The molecule has 0 aliphatic carbocycles. The Morgan fingerprint density at radius 3 is 2.76 bits per heavy atom. The largest absolute Gasteiger partial charge is 0.494 e. The molecule has 126 valence electrons. The minimum atomic E-state index is -0.877. The van der Waals surface area contributed by atoms with E-state index >= 15 is 0 Å². The number of hydrogen-bond donors (Lipinski definition) is 1. The molecule has 0 aliphatic rings. The van der Waals surface area contributed by atoms with E-state index in [-0.39, 0.29) is 17.9 Å². The van der Waals surface area contributed by atoms with E-state index in [0.29, 0.717) is 17.0 Å². The summed E-state index contributed by atoms with van der Waals surface area (Å²) in [5, 5.41) is 5.20. The lowest BCUT2D eigenvalue weighted by Crippen LogP contribution is -2.03. The van der Waals surface area contributed by atoms with Crippen LogP contribution in [0.4, 0.5) is 14.7 Å². The average Bonchev–Trinajstić information content (AvgIpc) is 3.03. The summed E-state index contributed by atoms with van der Waals surface area (Å²) in [6, 6.07) is 11.4. The second kappa shape index (κ2) is 5.70. The molecule has 0 atom stereocenters. The van der Waals surface area contributed by atoms with E-state index in [1.165, 1.54) is 16.6 Å². The maximum absolute atomic E-state index is 13.9. The molecule has 0 radical (unpaired) electrons. The van der Waals surface area contributed by atoms with E-state index in [0.717, 1.165) is 17.0 Å². The number of nitrogen functional groups attached to an aromatic ring is 1. The number of methoxy groups -OCH3 is 1. The van der Waals surface area contributed by atoms with Crippen LogP contribution in [-0.2, 0) is 6.42 Å². The number of halogens is 2. The van der Waals surface area contributed by atoms with Crippen LogP contribution in [0, 0.1) is 11.6 Å². The van der Waals surface area contributed by atoms with Gasteiger partial charge in [-0.3, -0.25) is 0 Å². The molecular formula is C18H14F2N4O. The van der Waals surface area contributed by atoms with Gasteiger partial charge in [-0.15, -0.1) is 0 Å².